The number of hydrogen-bond acceptors (Lipinski definition) is 3. The molecule has 1 aromatic rings. The SMILES string of the molecule is C=CCN(C(=O)c1cccc(N)c1OCC)C1CCCC1. The van der Waals surface area contributed by atoms with Crippen molar-refractivity contribution in [2.24, 2.45) is 0 Å². The van der Waals surface area contributed by atoms with E-state index >= 15 is 0 Å². The maximum atomic E-state index is 12.9. The number of ether oxygens (including phenoxy) is 1. The van der Waals surface area contributed by atoms with E-state index in [4.69, 9.17) is 10.5 Å². The highest BCUT2D eigenvalue weighted by molar-refractivity contribution is 5.99. The van der Waals surface area contributed by atoms with Crippen LogP contribution in [0, 0.1) is 0 Å². The number of carbonyl (C=O) groups is 1. The van der Waals surface area contributed by atoms with Crippen molar-refractivity contribution in [2.75, 3.05) is 18.9 Å². The second-order valence-corrected chi connectivity index (χ2v) is 5.34. The second-order valence-electron chi connectivity index (χ2n) is 5.34. The molecule has 1 aliphatic rings. The molecule has 1 saturated carbocycles. The number of amides is 1. The number of nitrogen functional groups attached to an aromatic ring is 1. The molecule has 0 radical (unpaired) electrons. The van der Waals surface area contributed by atoms with Crippen molar-refractivity contribution in [2.45, 2.75) is 38.6 Å². The van der Waals surface area contributed by atoms with Crippen LogP contribution in [0.4, 0.5) is 5.69 Å². The van der Waals surface area contributed by atoms with Crippen LogP contribution in [-0.4, -0.2) is 30.0 Å². The van der Waals surface area contributed by atoms with Gasteiger partial charge >= 0.3 is 0 Å². The summed E-state index contributed by atoms with van der Waals surface area (Å²) in [5.41, 5.74) is 7.01. The van der Waals surface area contributed by atoms with Crippen molar-refractivity contribution in [3.63, 3.8) is 0 Å². The van der Waals surface area contributed by atoms with Gasteiger partial charge in [-0.3, -0.25) is 4.79 Å². The zero-order valence-electron chi connectivity index (χ0n) is 12.7. The number of rotatable bonds is 6. The molecule has 0 aliphatic heterocycles. The molecular weight excluding hydrogens is 264 g/mol. The van der Waals surface area contributed by atoms with Crippen LogP contribution in [0.5, 0.6) is 5.75 Å². The Hall–Kier alpha value is -1.97. The molecule has 4 nitrogen and oxygen atoms in total. The lowest BCUT2D eigenvalue weighted by Gasteiger charge is -2.28. The summed E-state index contributed by atoms with van der Waals surface area (Å²) in [7, 11) is 0. The molecule has 0 saturated heterocycles. The Bertz CT molecular complexity index is 508. The Labute approximate surface area is 126 Å². The summed E-state index contributed by atoms with van der Waals surface area (Å²) < 4.78 is 5.58. The lowest BCUT2D eigenvalue weighted by Crippen LogP contribution is -2.39. The van der Waals surface area contributed by atoms with Crippen molar-refractivity contribution >= 4 is 11.6 Å². The average Bonchev–Trinajstić information content (AvgIpc) is 3.00. The minimum Gasteiger partial charge on any atom is -0.491 e. The van der Waals surface area contributed by atoms with E-state index in [1.165, 1.54) is 12.8 Å². The minimum atomic E-state index is -0.0162. The monoisotopic (exact) mass is 288 g/mol. The Kier molecular flexibility index (Phi) is 5.26. The van der Waals surface area contributed by atoms with Crippen molar-refractivity contribution in [3.8, 4) is 5.75 Å². The molecule has 0 spiro atoms. The van der Waals surface area contributed by atoms with Crippen LogP contribution in [0.25, 0.3) is 0 Å². The number of benzene rings is 1. The third-order valence-electron chi connectivity index (χ3n) is 3.92. The fourth-order valence-corrected chi connectivity index (χ4v) is 2.94. The molecule has 0 atom stereocenters. The van der Waals surface area contributed by atoms with Gasteiger partial charge in [0.2, 0.25) is 0 Å². The van der Waals surface area contributed by atoms with E-state index in [9.17, 15) is 4.79 Å². The fraction of sp³-hybridized carbons (Fsp3) is 0.471. The summed E-state index contributed by atoms with van der Waals surface area (Å²) >= 11 is 0. The van der Waals surface area contributed by atoms with Crippen molar-refractivity contribution in [3.05, 3.63) is 36.4 Å². The predicted molar refractivity (Wildman–Crippen MR) is 85.5 cm³/mol. The Morgan fingerprint density at radius 3 is 2.81 bits per heavy atom. The molecule has 0 bridgehead atoms. The highest BCUT2D eigenvalue weighted by Gasteiger charge is 2.28. The predicted octanol–water partition coefficient (Wildman–Crippen LogP) is 3.24. The molecule has 0 aromatic heterocycles. The van der Waals surface area contributed by atoms with E-state index in [2.05, 4.69) is 6.58 Å². The molecule has 4 heteroatoms. The lowest BCUT2D eigenvalue weighted by molar-refractivity contribution is 0.0702. The van der Waals surface area contributed by atoms with Gasteiger partial charge in [0.25, 0.3) is 5.91 Å². The highest BCUT2D eigenvalue weighted by atomic mass is 16.5. The van der Waals surface area contributed by atoms with Gasteiger partial charge in [-0.2, -0.15) is 0 Å². The fourth-order valence-electron chi connectivity index (χ4n) is 2.94. The molecule has 2 N–H and O–H groups in total. The van der Waals surface area contributed by atoms with E-state index < -0.39 is 0 Å². The number of nitrogens with zero attached hydrogens (tertiary/aromatic N) is 1. The van der Waals surface area contributed by atoms with Crippen LogP contribution < -0.4 is 10.5 Å². The largest absolute Gasteiger partial charge is 0.491 e. The van der Waals surface area contributed by atoms with Gasteiger partial charge in [-0.05, 0) is 31.9 Å². The third kappa shape index (κ3) is 3.38. The first-order chi connectivity index (χ1) is 10.2. The quantitative estimate of drug-likeness (QED) is 0.646. The second kappa shape index (κ2) is 7.16. The van der Waals surface area contributed by atoms with E-state index in [-0.39, 0.29) is 5.91 Å². The molecule has 114 valence electrons. The Balaban J connectivity index is 2.31. The molecule has 0 unspecified atom stereocenters. The standard InChI is InChI=1S/C17H24N2O2/c1-3-12-19(13-8-5-6-9-13)17(20)14-10-7-11-15(18)16(14)21-4-2/h3,7,10-11,13H,1,4-6,8-9,12,18H2,2H3. The normalized spacial score (nSPS) is 14.9. The van der Waals surface area contributed by atoms with Crippen LogP contribution in [-0.2, 0) is 0 Å². The van der Waals surface area contributed by atoms with E-state index in [1.54, 1.807) is 24.3 Å². The molecule has 1 aromatic carbocycles. The van der Waals surface area contributed by atoms with Gasteiger partial charge in [0.1, 0.15) is 0 Å². The first kappa shape index (κ1) is 15.4. The molecule has 0 heterocycles. The smallest absolute Gasteiger partial charge is 0.258 e. The van der Waals surface area contributed by atoms with Gasteiger partial charge in [0.15, 0.2) is 5.75 Å². The number of carbonyl (C=O) groups excluding carboxylic acids is 1. The molecule has 21 heavy (non-hydrogen) atoms. The number of nitrogens with two attached hydrogens (primary N) is 1. The summed E-state index contributed by atoms with van der Waals surface area (Å²) in [4.78, 5) is 14.8. The zero-order valence-corrected chi connectivity index (χ0v) is 12.7. The van der Waals surface area contributed by atoms with Crippen molar-refractivity contribution < 1.29 is 9.53 Å². The molecule has 2 rings (SSSR count). The van der Waals surface area contributed by atoms with E-state index in [0.717, 1.165) is 12.8 Å². The summed E-state index contributed by atoms with van der Waals surface area (Å²) in [6.07, 6.45) is 6.27. The topological polar surface area (TPSA) is 55.6 Å². The van der Waals surface area contributed by atoms with Gasteiger partial charge in [-0.1, -0.05) is 25.0 Å². The first-order valence-electron chi connectivity index (χ1n) is 7.62. The van der Waals surface area contributed by atoms with E-state index in [1.807, 2.05) is 11.8 Å². The Morgan fingerprint density at radius 1 is 1.48 bits per heavy atom. The number of hydrogen-bond donors (Lipinski definition) is 1. The summed E-state index contributed by atoms with van der Waals surface area (Å²) in [5.74, 6) is 0.481. The van der Waals surface area contributed by atoms with Gasteiger partial charge in [-0.25, -0.2) is 0 Å². The van der Waals surface area contributed by atoms with E-state index in [0.29, 0.717) is 36.2 Å². The van der Waals surface area contributed by atoms with Crippen molar-refractivity contribution in [1.29, 1.82) is 0 Å². The van der Waals surface area contributed by atoms with Gasteiger partial charge in [0, 0.05) is 12.6 Å². The summed E-state index contributed by atoms with van der Waals surface area (Å²) in [6.45, 7) is 6.71. The molecule has 1 fully saturated rings. The molecule has 1 amide bonds. The maximum absolute atomic E-state index is 12.9. The van der Waals surface area contributed by atoms with Crippen molar-refractivity contribution in [1.82, 2.24) is 4.90 Å². The van der Waals surface area contributed by atoms with Crippen LogP contribution in [0.15, 0.2) is 30.9 Å². The van der Waals surface area contributed by atoms with Crippen LogP contribution in [0.3, 0.4) is 0 Å². The zero-order chi connectivity index (χ0) is 15.2. The molecule has 1 aliphatic carbocycles. The van der Waals surface area contributed by atoms with Gasteiger partial charge in [0.05, 0.1) is 17.9 Å². The van der Waals surface area contributed by atoms with Crippen LogP contribution in [0.1, 0.15) is 43.0 Å². The number of para-hydroxylation sites is 1. The van der Waals surface area contributed by atoms with Crippen LogP contribution >= 0.6 is 0 Å². The lowest BCUT2D eigenvalue weighted by atomic mass is 10.1. The average molecular weight is 288 g/mol. The Morgan fingerprint density at radius 2 is 2.19 bits per heavy atom. The van der Waals surface area contributed by atoms with Gasteiger partial charge in [-0.15, -0.1) is 6.58 Å². The maximum Gasteiger partial charge on any atom is 0.258 e. The summed E-state index contributed by atoms with van der Waals surface area (Å²) in [5, 5.41) is 0. The minimum absolute atomic E-state index is 0.0162. The number of anilines is 1. The third-order valence-corrected chi connectivity index (χ3v) is 3.92. The highest BCUT2D eigenvalue weighted by Crippen LogP contribution is 2.30. The summed E-state index contributed by atoms with van der Waals surface area (Å²) in [6, 6.07) is 5.64. The van der Waals surface area contributed by atoms with Crippen LogP contribution in [0.2, 0.25) is 0 Å². The van der Waals surface area contributed by atoms with Gasteiger partial charge < -0.3 is 15.4 Å². The molecular formula is C17H24N2O2. The first-order valence-corrected chi connectivity index (χ1v) is 7.62.